The fraction of sp³-hybridized carbons (Fsp3) is 0.778. The number of thioether (sulfide) groups is 1. The van der Waals surface area contributed by atoms with Crippen LogP contribution in [0.2, 0.25) is 0 Å². The van der Waals surface area contributed by atoms with Gasteiger partial charge in [-0.05, 0) is 12.7 Å². The number of amides is 1. The maximum Gasteiger partial charge on any atom is 0.326 e. The van der Waals surface area contributed by atoms with Gasteiger partial charge in [-0.15, -0.1) is 0 Å². The first-order valence-electron chi connectivity index (χ1n) is 4.52. The summed E-state index contributed by atoms with van der Waals surface area (Å²) >= 11 is 1.58. The molecule has 1 N–H and O–H groups in total. The Labute approximate surface area is 88.7 Å². The Morgan fingerprint density at radius 3 is 2.43 bits per heavy atom. The van der Waals surface area contributed by atoms with Crippen molar-refractivity contribution in [3.8, 4) is 0 Å². The van der Waals surface area contributed by atoms with Crippen LogP contribution in [0.15, 0.2) is 0 Å². The fourth-order valence-corrected chi connectivity index (χ4v) is 1.53. The highest BCUT2D eigenvalue weighted by atomic mass is 32.2. The molecular formula is C9H17NO3S. The molecule has 0 bridgehead atoms. The van der Waals surface area contributed by atoms with Crippen molar-refractivity contribution in [1.82, 2.24) is 4.90 Å². The van der Waals surface area contributed by atoms with Crippen molar-refractivity contribution in [1.29, 1.82) is 0 Å². The summed E-state index contributed by atoms with van der Waals surface area (Å²) in [7, 11) is 1.55. The summed E-state index contributed by atoms with van der Waals surface area (Å²) in [5, 5.41) is 8.82. The van der Waals surface area contributed by atoms with Gasteiger partial charge in [0.1, 0.15) is 6.04 Å². The summed E-state index contributed by atoms with van der Waals surface area (Å²) in [5.74, 6) is -0.305. The van der Waals surface area contributed by atoms with E-state index in [1.54, 1.807) is 25.7 Å². The lowest BCUT2D eigenvalue weighted by atomic mass is 10.2. The molecule has 0 saturated heterocycles. The number of hydrogen-bond acceptors (Lipinski definition) is 3. The molecule has 0 aliphatic heterocycles. The Morgan fingerprint density at radius 2 is 2.07 bits per heavy atom. The molecule has 0 rings (SSSR count). The minimum atomic E-state index is -0.937. The lowest BCUT2D eigenvalue weighted by molar-refractivity contribution is -0.149. The van der Waals surface area contributed by atoms with Gasteiger partial charge in [0, 0.05) is 19.2 Å². The monoisotopic (exact) mass is 219 g/mol. The maximum absolute atomic E-state index is 11.5. The molecule has 0 aromatic rings. The summed E-state index contributed by atoms with van der Waals surface area (Å²) in [5.41, 5.74) is 0. The Balaban J connectivity index is 4.20. The van der Waals surface area contributed by atoms with E-state index in [1.807, 2.05) is 6.26 Å². The van der Waals surface area contributed by atoms with Gasteiger partial charge >= 0.3 is 5.97 Å². The Bertz CT molecular complexity index is 208. The second-order valence-electron chi connectivity index (χ2n) is 3.01. The van der Waals surface area contributed by atoms with Crippen molar-refractivity contribution >= 4 is 23.6 Å². The van der Waals surface area contributed by atoms with Gasteiger partial charge in [0.25, 0.3) is 0 Å². The van der Waals surface area contributed by atoms with E-state index in [4.69, 9.17) is 5.11 Å². The fourth-order valence-electron chi connectivity index (χ4n) is 1.15. The smallest absolute Gasteiger partial charge is 0.326 e. The summed E-state index contributed by atoms with van der Waals surface area (Å²) in [6.45, 7) is 1.76. The van der Waals surface area contributed by atoms with Gasteiger partial charge in [0.05, 0.1) is 0 Å². The number of hydrogen-bond donors (Lipinski definition) is 1. The van der Waals surface area contributed by atoms with E-state index in [9.17, 15) is 9.59 Å². The van der Waals surface area contributed by atoms with E-state index in [2.05, 4.69) is 0 Å². The molecular weight excluding hydrogens is 202 g/mol. The van der Waals surface area contributed by atoms with Gasteiger partial charge < -0.3 is 10.0 Å². The van der Waals surface area contributed by atoms with Crippen LogP contribution in [0.5, 0.6) is 0 Å². The van der Waals surface area contributed by atoms with Crippen molar-refractivity contribution in [2.24, 2.45) is 0 Å². The van der Waals surface area contributed by atoms with E-state index in [0.717, 1.165) is 5.75 Å². The standard InChI is InChI=1S/C9H17NO3S/c1-4-7(9(12)13)10(2)8(11)5-6-14-3/h7H,4-6H2,1-3H3,(H,12,13). The third-order valence-corrected chi connectivity index (χ3v) is 2.67. The quantitative estimate of drug-likeness (QED) is 0.725. The molecule has 0 radical (unpaired) electrons. The lowest BCUT2D eigenvalue weighted by Gasteiger charge is -2.23. The SMILES string of the molecule is CCC(C(=O)O)N(C)C(=O)CCSC. The van der Waals surface area contributed by atoms with Crippen LogP contribution in [-0.4, -0.2) is 47.0 Å². The first kappa shape index (κ1) is 13.3. The third-order valence-electron chi connectivity index (χ3n) is 2.05. The molecule has 0 aliphatic rings. The first-order chi connectivity index (χ1) is 6.54. The maximum atomic E-state index is 11.5. The van der Waals surface area contributed by atoms with Crippen molar-refractivity contribution in [2.75, 3.05) is 19.1 Å². The normalized spacial score (nSPS) is 12.2. The molecule has 1 amide bonds. The number of carbonyl (C=O) groups is 2. The second-order valence-corrected chi connectivity index (χ2v) is 4.00. The van der Waals surface area contributed by atoms with Crippen LogP contribution in [-0.2, 0) is 9.59 Å². The Hall–Kier alpha value is -0.710. The van der Waals surface area contributed by atoms with Gasteiger partial charge in [-0.2, -0.15) is 11.8 Å². The van der Waals surface area contributed by atoms with Gasteiger partial charge in [-0.25, -0.2) is 4.79 Å². The summed E-state index contributed by atoms with van der Waals surface area (Å²) in [6.07, 6.45) is 2.76. The van der Waals surface area contributed by atoms with Crippen LogP contribution in [0.4, 0.5) is 0 Å². The van der Waals surface area contributed by atoms with Crippen molar-refractivity contribution in [2.45, 2.75) is 25.8 Å². The van der Waals surface area contributed by atoms with E-state index in [0.29, 0.717) is 12.8 Å². The molecule has 82 valence electrons. The zero-order valence-corrected chi connectivity index (χ0v) is 9.63. The zero-order chi connectivity index (χ0) is 11.1. The number of carbonyl (C=O) groups excluding carboxylic acids is 1. The van der Waals surface area contributed by atoms with Crippen LogP contribution in [0, 0.1) is 0 Å². The molecule has 1 unspecified atom stereocenters. The summed E-state index contributed by atoms with van der Waals surface area (Å²) in [6, 6.07) is -0.690. The number of carboxylic acid groups (broad SMARTS) is 1. The van der Waals surface area contributed by atoms with Crippen LogP contribution in [0.1, 0.15) is 19.8 Å². The van der Waals surface area contributed by atoms with E-state index >= 15 is 0 Å². The minimum Gasteiger partial charge on any atom is -0.480 e. The highest BCUT2D eigenvalue weighted by Crippen LogP contribution is 2.06. The molecule has 0 fully saturated rings. The Morgan fingerprint density at radius 1 is 1.50 bits per heavy atom. The molecule has 0 aliphatic carbocycles. The molecule has 14 heavy (non-hydrogen) atoms. The number of carboxylic acids is 1. The number of rotatable bonds is 6. The van der Waals surface area contributed by atoms with Crippen LogP contribution in [0.3, 0.4) is 0 Å². The van der Waals surface area contributed by atoms with Crippen molar-refractivity contribution < 1.29 is 14.7 Å². The molecule has 4 nitrogen and oxygen atoms in total. The summed E-state index contributed by atoms with van der Waals surface area (Å²) < 4.78 is 0. The van der Waals surface area contributed by atoms with Gasteiger partial charge in [0.2, 0.25) is 5.91 Å². The van der Waals surface area contributed by atoms with Gasteiger partial charge in [0.15, 0.2) is 0 Å². The van der Waals surface area contributed by atoms with E-state index < -0.39 is 12.0 Å². The van der Waals surface area contributed by atoms with Crippen molar-refractivity contribution in [3.05, 3.63) is 0 Å². The topological polar surface area (TPSA) is 57.6 Å². The second kappa shape index (κ2) is 6.70. The van der Waals surface area contributed by atoms with E-state index in [1.165, 1.54) is 4.90 Å². The molecule has 5 heteroatoms. The Kier molecular flexibility index (Phi) is 6.36. The first-order valence-corrected chi connectivity index (χ1v) is 5.91. The highest BCUT2D eigenvalue weighted by molar-refractivity contribution is 7.98. The average Bonchev–Trinajstić information content (AvgIpc) is 2.14. The van der Waals surface area contributed by atoms with Crippen LogP contribution >= 0.6 is 11.8 Å². The van der Waals surface area contributed by atoms with E-state index in [-0.39, 0.29) is 5.91 Å². The molecule has 0 aromatic carbocycles. The highest BCUT2D eigenvalue weighted by Gasteiger charge is 2.23. The number of likely N-dealkylation sites (N-methyl/N-ethyl adjacent to an activating group) is 1. The largest absolute Gasteiger partial charge is 0.480 e. The minimum absolute atomic E-state index is 0.103. The number of nitrogens with zero attached hydrogens (tertiary/aromatic N) is 1. The molecule has 0 saturated carbocycles. The zero-order valence-electron chi connectivity index (χ0n) is 8.82. The predicted molar refractivity (Wildman–Crippen MR) is 57.5 cm³/mol. The summed E-state index contributed by atoms with van der Waals surface area (Å²) in [4.78, 5) is 23.5. The van der Waals surface area contributed by atoms with Crippen LogP contribution in [0.25, 0.3) is 0 Å². The average molecular weight is 219 g/mol. The van der Waals surface area contributed by atoms with Gasteiger partial charge in [-0.1, -0.05) is 6.92 Å². The van der Waals surface area contributed by atoms with Gasteiger partial charge in [-0.3, -0.25) is 4.79 Å². The molecule has 1 atom stereocenters. The molecule has 0 aromatic heterocycles. The number of aliphatic carboxylic acids is 1. The lowest BCUT2D eigenvalue weighted by Crippen LogP contribution is -2.42. The molecule has 0 spiro atoms. The third kappa shape index (κ3) is 4.00. The molecule has 0 heterocycles. The van der Waals surface area contributed by atoms with Crippen molar-refractivity contribution in [3.63, 3.8) is 0 Å². The van der Waals surface area contributed by atoms with Crippen LogP contribution < -0.4 is 0 Å². The predicted octanol–water partition coefficient (Wildman–Crippen LogP) is 1.06.